The molecule has 2 heterocycles. The predicted octanol–water partition coefficient (Wildman–Crippen LogP) is 14.3. The third-order valence-corrected chi connectivity index (χ3v) is 11.3. The van der Waals surface area contributed by atoms with Crippen molar-refractivity contribution in [1.29, 1.82) is 0 Å². The molecular formula is C53H40N2. The molecule has 8 aromatic carbocycles. The summed E-state index contributed by atoms with van der Waals surface area (Å²) in [5.41, 5.74) is 18.2. The van der Waals surface area contributed by atoms with Gasteiger partial charge in [0, 0.05) is 27.7 Å². The predicted molar refractivity (Wildman–Crippen MR) is 234 cm³/mol. The summed E-state index contributed by atoms with van der Waals surface area (Å²) in [5, 5.41) is 4.92. The molecule has 262 valence electrons. The summed E-state index contributed by atoms with van der Waals surface area (Å²) in [4.78, 5) is 0. The summed E-state index contributed by atoms with van der Waals surface area (Å²) in [6.07, 6.45) is 0. The Hall–Kier alpha value is -6.90. The Morgan fingerprint density at radius 1 is 0.327 bits per heavy atom. The standard InChI is InChI=1S/C53H40N2/c1-35-20-26-44(27-21-35)54-52-31-41(23-24-42(52)32-53(54)48-19-11-16-38-13-8-10-18-47(38)48)40-25-29-50-43(30-40)33-51(39-14-5-4-6-15-39)55(50)45-28-22-37(3)49(34-45)46-17-9-7-12-36(46)2/h4-34H,1-3H3. The van der Waals surface area contributed by atoms with Crippen molar-refractivity contribution >= 4 is 32.6 Å². The number of aromatic nitrogens is 2. The average molecular weight is 705 g/mol. The molecule has 0 fully saturated rings. The van der Waals surface area contributed by atoms with Crippen molar-refractivity contribution in [3.05, 3.63) is 205 Å². The van der Waals surface area contributed by atoms with Gasteiger partial charge in [0.1, 0.15) is 0 Å². The van der Waals surface area contributed by atoms with Gasteiger partial charge in [-0.2, -0.15) is 0 Å². The molecule has 2 aromatic heterocycles. The summed E-state index contributed by atoms with van der Waals surface area (Å²) in [6, 6.07) is 69.1. The second kappa shape index (κ2) is 13.2. The Morgan fingerprint density at radius 2 is 0.982 bits per heavy atom. The molecule has 0 saturated heterocycles. The highest BCUT2D eigenvalue weighted by atomic mass is 15.0. The molecule has 10 aromatic rings. The highest BCUT2D eigenvalue weighted by molar-refractivity contribution is 6.01. The highest BCUT2D eigenvalue weighted by Gasteiger charge is 2.18. The van der Waals surface area contributed by atoms with Crippen molar-refractivity contribution in [3.63, 3.8) is 0 Å². The first-order chi connectivity index (χ1) is 27.0. The molecule has 0 unspecified atom stereocenters. The van der Waals surface area contributed by atoms with Crippen LogP contribution in [0.4, 0.5) is 0 Å². The van der Waals surface area contributed by atoms with Crippen molar-refractivity contribution in [2.45, 2.75) is 20.8 Å². The molecule has 0 aliphatic heterocycles. The molecule has 0 amide bonds. The maximum Gasteiger partial charge on any atom is 0.0547 e. The summed E-state index contributed by atoms with van der Waals surface area (Å²) < 4.78 is 4.86. The molecule has 55 heavy (non-hydrogen) atoms. The van der Waals surface area contributed by atoms with Crippen LogP contribution in [-0.2, 0) is 0 Å². The quantitative estimate of drug-likeness (QED) is 0.163. The first kappa shape index (κ1) is 32.7. The molecule has 0 aliphatic carbocycles. The SMILES string of the molecule is Cc1ccc(-n2c(-c3cccc4ccccc34)cc3ccc(-c4ccc5c(c4)cc(-c4ccccc4)n5-c4ccc(C)c(-c5ccccc5C)c4)cc32)cc1. The highest BCUT2D eigenvalue weighted by Crippen LogP contribution is 2.40. The number of nitrogens with zero attached hydrogens (tertiary/aromatic N) is 2. The van der Waals surface area contributed by atoms with E-state index in [1.165, 1.54) is 94.0 Å². The number of benzene rings is 8. The van der Waals surface area contributed by atoms with E-state index in [-0.39, 0.29) is 0 Å². The lowest BCUT2D eigenvalue weighted by Gasteiger charge is -2.16. The minimum absolute atomic E-state index is 1.16. The molecule has 0 atom stereocenters. The first-order valence-electron chi connectivity index (χ1n) is 19.1. The van der Waals surface area contributed by atoms with E-state index in [4.69, 9.17) is 0 Å². The monoisotopic (exact) mass is 704 g/mol. The van der Waals surface area contributed by atoms with Gasteiger partial charge < -0.3 is 9.13 Å². The number of fused-ring (bicyclic) bond motifs is 3. The van der Waals surface area contributed by atoms with Crippen molar-refractivity contribution in [2.24, 2.45) is 0 Å². The molecule has 0 N–H and O–H groups in total. The Kier molecular flexibility index (Phi) is 7.85. The van der Waals surface area contributed by atoms with Gasteiger partial charge in [0.2, 0.25) is 0 Å². The van der Waals surface area contributed by atoms with Gasteiger partial charge in [-0.25, -0.2) is 0 Å². The maximum absolute atomic E-state index is 2.44. The lowest BCUT2D eigenvalue weighted by atomic mass is 9.96. The summed E-state index contributed by atoms with van der Waals surface area (Å²) in [5.74, 6) is 0. The topological polar surface area (TPSA) is 9.86 Å². The number of aryl methyl sites for hydroxylation is 3. The van der Waals surface area contributed by atoms with Gasteiger partial charge in [-0.3, -0.25) is 0 Å². The largest absolute Gasteiger partial charge is 0.309 e. The fourth-order valence-corrected chi connectivity index (χ4v) is 8.41. The van der Waals surface area contributed by atoms with Gasteiger partial charge in [0.05, 0.1) is 22.4 Å². The fourth-order valence-electron chi connectivity index (χ4n) is 8.41. The lowest BCUT2D eigenvalue weighted by Crippen LogP contribution is -1.98. The Labute approximate surface area is 322 Å². The van der Waals surface area contributed by atoms with Crippen LogP contribution in [0, 0.1) is 20.8 Å². The van der Waals surface area contributed by atoms with Crippen LogP contribution in [0.2, 0.25) is 0 Å². The summed E-state index contributed by atoms with van der Waals surface area (Å²) in [6.45, 7) is 6.56. The van der Waals surface area contributed by atoms with Crippen LogP contribution in [-0.4, -0.2) is 9.13 Å². The average Bonchev–Trinajstić information content (AvgIpc) is 3.80. The molecular weight excluding hydrogens is 665 g/mol. The smallest absolute Gasteiger partial charge is 0.0547 e. The molecule has 2 heteroatoms. The zero-order valence-corrected chi connectivity index (χ0v) is 31.3. The van der Waals surface area contributed by atoms with Crippen LogP contribution in [0.5, 0.6) is 0 Å². The van der Waals surface area contributed by atoms with E-state index in [1.54, 1.807) is 0 Å². The Morgan fingerprint density at radius 3 is 1.84 bits per heavy atom. The Bertz CT molecular complexity index is 3040. The van der Waals surface area contributed by atoms with E-state index in [1.807, 2.05) is 0 Å². The minimum Gasteiger partial charge on any atom is -0.309 e. The van der Waals surface area contributed by atoms with E-state index in [9.17, 15) is 0 Å². The van der Waals surface area contributed by atoms with Crippen molar-refractivity contribution in [3.8, 4) is 56.1 Å². The summed E-state index contributed by atoms with van der Waals surface area (Å²) >= 11 is 0. The maximum atomic E-state index is 2.44. The fraction of sp³-hybridized carbons (Fsp3) is 0.0566. The van der Waals surface area contributed by atoms with Crippen molar-refractivity contribution < 1.29 is 0 Å². The van der Waals surface area contributed by atoms with Crippen LogP contribution < -0.4 is 0 Å². The molecule has 0 aliphatic rings. The van der Waals surface area contributed by atoms with Gasteiger partial charge in [-0.05, 0) is 125 Å². The van der Waals surface area contributed by atoms with Crippen LogP contribution in [0.15, 0.2) is 188 Å². The van der Waals surface area contributed by atoms with Crippen LogP contribution >= 0.6 is 0 Å². The number of rotatable bonds is 6. The molecule has 0 radical (unpaired) electrons. The first-order valence-corrected chi connectivity index (χ1v) is 19.1. The second-order valence-corrected chi connectivity index (χ2v) is 14.8. The van der Waals surface area contributed by atoms with Crippen molar-refractivity contribution in [1.82, 2.24) is 9.13 Å². The summed E-state index contributed by atoms with van der Waals surface area (Å²) in [7, 11) is 0. The number of hydrogen-bond acceptors (Lipinski definition) is 0. The van der Waals surface area contributed by atoms with Gasteiger partial charge >= 0.3 is 0 Å². The molecule has 2 nitrogen and oxygen atoms in total. The zero-order valence-electron chi connectivity index (χ0n) is 31.3. The van der Waals surface area contributed by atoms with Gasteiger partial charge in [0.15, 0.2) is 0 Å². The van der Waals surface area contributed by atoms with Crippen LogP contribution in [0.25, 0.3) is 88.7 Å². The molecule has 0 saturated carbocycles. The third kappa shape index (κ3) is 5.66. The van der Waals surface area contributed by atoms with E-state index >= 15 is 0 Å². The van der Waals surface area contributed by atoms with Gasteiger partial charge in [-0.15, -0.1) is 0 Å². The lowest BCUT2D eigenvalue weighted by molar-refractivity contribution is 1.13. The normalized spacial score (nSPS) is 11.5. The van der Waals surface area contributed by atoms with Gasteiger partial charge in [0.25, 0.3) is 0 Å². The van der Waals surface area contributed by atoms with E-state index in [0.29, 0.717) is 0 Å². The zero-order chi connectivity index (χ0) is 37.0. The van der Waals surface area contributed by atoms with Crippen LogP contribution in [0.3, 0.4) is 0 Å². The number of hydrogen-bond donors (Lipinski definition) is 0. The molecule has 0 spiro atoms. The van der Waals surface area contributed by atoms with Crippen LogP contribution in [0.1, 0.15) is 16.7 Å². The second-order valence-electron chi connectivity index (χ2n) is 14.8. The minimum atomic E-state index is 1.16. The van der Waals surface area contributed by atoms with E-state index < -0.39 is 0 Å². The van der Waals surface area contributed by atoms with E-state index in [0.717, 1.165) is 11.4 Å². The van der Waals surface area contributed by atoms with Crippen molar-refractivity contribution in [2.75, 3.05) is 0 Å². The van der Waals surface area contributed by atoms with Gasteiger partial charge in [-0.1, -0.05) is 139 Å². The Balaban J connectivity index is 1.15. The third-order valence-electron chi connectivity index (χ3n) is 11.3. The molecule has 0 bridgehead atoms. The van der Waals surface area contributed by atoms with E-state index in [2.05, 4.69) is 218 Å². The molecule has 10 rings (SSSR count).